The summed E-state index contributed by atoms with van der Waals surface area (Å²) < 4.78 is 5.62. The number of thioether (sulfide) groups is 1. The first kappa shape index (κ1) is 15.1. The number of aryl methyl sites for hydroxylation is 1. The Balaban J connectivity index is 2.03. The van der Waals surface area contributed by atoms with Crippen LogP contribution in [0.3, 0.4) is 0 Å². The number of ether oxygens (including phenoxy) is 1. The van der Waals surface area contributed by atoms with Gasteiger partial charge in [-0.05, 0) is 49.8 Å². The van der Waals surface area contributed by atoms with E-state index in [4.69, 9.17) is 4.74 Å². The molecule has 3 aliphatic heterocycles. The third-order valence-corrected chi connectivity index (χ3v) is 6.53. The third kappa shape index (κ3) is 1.80. The second-order valence-corrected chi connectivity index (χ2v) is 8.52. The molecule has 1 aromatic rings. The van der Waals surface area contributed by atoms with E-state index in [1.54, 1.807) is 0 Å². The molecule has 4 rings (SSSR count). The van der Waals surface area contributed by atoms with E-state index in [1.807, 2.05) is 4.90 Å². The van der Waals surface area contributed by atoms with Crippen molar-refractivity contribution in [3.05, 3.63) is 28.8 Å². The van der Waals surface area contributed by atoms with Gasteiger partial charge in [-0.1, -0.05) is 31.7 Å². The minimum Gasteiger partial charge on any atom is -0.433 e. The number of anilines is 1. The number of carbonyl (C=O) groups is 2. The molecule has 0 saturated carbocycles. The van der Waals surface area contributed by atoms with Gasteiger partial charge in [-0.25, -0.2) is 0 Å². The molecule has 3 aliphatic rings. The molecule has 0 radical (unpaired) electrons. The second kappa shape index (κ2) is 4.53. The minimum absolute atomic E-state index is 0.0882. The highest BCUT2D eigenvalue weighted by Gasteiger charge is 2.62. The van der Waals surface area contributed by atoms with Crippen LogP contribution in [0.2, 0.25) is 0 Å². The molecule has 0 aliphatic carbocycles. The Morgan fingerprint density at radius 2 is 2.09 bits per heavy atom. The highest BCUT2D eigenvalue weighted by molar-refractivity contribution is 8.01. The molecule has 0 bridgehead atoms. The van der Waals surface area contributed by atoms with E-state index in [1.165, 1.54) is 22.9 Å². The van der Waals surface area contributed by atoms with E-state index in [2.05, 4.69) is 39.8 Å². The van der Waals surface area contributed by atoms with Crippen LogP contribution in [0, 0.1) is 0 Å². The number of amides is 1. The topological polar surface area (TPSA) is 46.6 Å². The molecule has 23 heavy (non-hydrogen) atoms. The molecule has 2 atom stereocenters. The van der Waals surface area contributed by atoms with E-state index >= 15 is 0 Å². The van der Waals surface area contributed by atoms with Gasteiger partial charge in [-0.2, -0.15) is 0 Å². The molecule has 4 nitrogen and oxygen atoms in total. The normalized spacial score (nSPS) is 30.8. The van der Waals surface area contributed by atoms with Gasteiger partial charge in [-0.15, -0.1) is 0 Å². The lowest BCUT2D eigenvalue weighted by Crippen LogP contribution is -2.52. The highest BCUT2D eigenvalue weighted by Crippen LogP contribution is 2.59. The molecule has 1 saturated heterocycles. The van der Waals surface area contributed by atoms with Crippen molar-refractivity contribution >= 4 is 29.3 Å². The smallest absolute Gasteiger partial charge is 0.318 e. The number of rotatable bonds is 1. The molecule has 1 fully saturated rings. The molecule has 5 heteroatoms. The van der Waals surface area contributed by atoms with Crippen LogP contribution < -0.4 is 4.90 Å². The Labute approximate surface area is 140 Å². The zero-order chi connectivity index (χ0) is 16.6. The predicted molar refractivity (Wildman–Crippen MR) is 90.6 cm³/mol. The van der Waals surface area contributed by atoms with Crippen molar-refractivity contribution in [2.45, 2.75) is 56.9 Å². The maximum Gasteiger partial charge on any atom is 0.318 e. The van der Waals surface area contributed by atoms with Crippen molar-refractivity contribution in [1.82, 2.24) is 0 Å². The molecule has 0 aromatic heterocycles. The van der Waals surface area contributed by atoms with E-state index in [9.17, 15) is 9.59 Å². The van der Waals surface area contributed by atoms with Gasteiger partial charge in [0.15, 0.2) is 0 Å². The molecule has 3 heterocycles. The van der Waals surface area contributed by atoms with E-state index in [-0.39, 0.29) is 23.2 Å². The van der Waals surface area contributed by atoms with Crippen molar-refractivity contribution in [1.29, 1.82) is 0 Å². The second-order valence-electron chi connectivity index (χ2n) is 7.37. The summed E-state index contributed by atoms with van der Waals surface area (Å²) in [5.41, 5.74) is 4.01. The lowest BCUT2D eigenvalue weighted by Gasteiger charge is -2.43. The average Bonchev–Trinajstić information content (AvgIpc) is 2.98. The molecular formula is C18H21NO3S. The number of hydrogen-bond donors (Lipinski definition) is 0. The first-order valence-electron chi connectivity index (χ1n) is 8.18. The van der Waals surface area contributed by atoms with Gasteiger partial charge < -0.3 is 9.64 Å². The lowest BCUT2D eigenvalue weighted by atomic mass is 9.79. The maximum absolute atomic E-state index is 13.3. The molecule has 0 N–H and O–H groups in total. The van der Waals surface area contributed by atoms with Crippen molar-refractivity contribution < 1.29 is 14.3 Å². The van der Waals surface area contributed by atoms with Gasteiger partial charge in [0.1, 0.15) is 0 Å². The van der Waals surface area contributed by atoms with Crippen LogP contribution in [0.25, 0.3) is 0 Å². The quantitative estimate of drug-likeness (QED) is 0.741. The van der Waals surface area contributed by atoms with Crippen LogP contribution in [0.1, 0.15) is 56.7 Å². The summed E-state index contributed by atoms with van der Waals surface area (Å²) in [5.74, 6) is 0.228. The highest BCUT2D eigenvalue weighted by atomic mass is 32.2. The summed E-state index contributed by atoms with van der Waals surface area (Å²) >= 11 is 1.33. The average molecular weight is 331 g/mol. The number of fused-ring (bicyclic) bond motifs is 1. The van der Waals surface area contributed by atoms with Gasteiger partial charge >= 0.3 is 5.97 Å². The number of benzene rings is 1. The molecule has 0 unspecified atom stereocenters. The fourth-order valence-corrected chi connectivity index (χ4v) is 5.37. The number of esters is 1. The fraction of sp³-hybridized carbons (Fsp3) is 0.556. The predicted octanol–water partition coefficient (Wildman–Crippen LogP) is 3.32. The number of carbonyl (C=O) groups excluding carboxylic acids is 2. The first-order valence-corrected chi connectivity index (χ1v) is 9.16. The lowest BCUT2D eigenvalue weighted by molar-refractivity contribution is -0.153. The number of nitrogens with zero attached hydrogens (tertiary/aromatic N) is 1. The summed E-state index contributed by atoms with van der Waals surface area (Å²) in [6.45, 7) is 8.53. The van der Waals surface area contributed by atoms with Crippen molar-refractivity contribution in [2.75, 3.05) is 10.7 Å². The fourth-order valence-electron chi connectivity index (χ4n) is 4.31. The standard InChI is InChI=1S/C18H21NO3S/c1-5-11-6-12-10(2)8-17(3,4)19-15(12)13(7-11)18(16(19)21)22-14(20)9-23-18/h6-7,10H,5,8-9H2,1-4H3/t10-,18-/m1/s1. The summed E-state index contributed by atoms with van der Waals surface area (Å²) in [6, 6.07) is 4.29. The summed E-state index contributed by atoms with van der Waals surface area (Å²) in [6.07, 6.45) is 1.81. The van der Waals surface area contributed by atoms with Crippen LogP contribution in [0.4, 0.5) is 5.69 Å². The van der Waals surface area contributed by atoms with Gasteiger partial charge in [0.25, 0.3) is 10.8 Å². The summed E-state index contributed by atoms with van der Waals surface area (Å²) in [4.78, 5) is 25.9. The van der Waals surface area contributed by atoms with Gasteiger partial charge in [0.2, 0.25) is 0 Å². The zero-order valence-corrected chi connectivity index (χ0v) is 14.8. The summed E-state index contributed by atoms with van der Waals surface area (Å²) in [7, 11) is 0. The SMILES string of the molecule is CCc1cc2c3c(c1)[C@]1(OC(=O)CS1)C(=O)N3C(C)(C)C[C@H]2C. The van der Waals surface area contributed by atoms with Crippen LogP contribution in [0.15, 0.2) is 12.1 Å². The van der Waals surface area contributed by atoms with Gasteiger partial charge in [0.05, 0.1) is 11.4 Å². The maximum atomic E-state index is 13.3. The minimum atomic E-state index is -1.16. The third-order valence-electron chi connectivity index (χ3n) is 5.26. The largest absolute Gasteiger partial charge is 0.433 e. The summed E-state index contributed by atoms with van der Waals surface area (Å²) in [5, 5.41) is 0. The Morgan fingerprint density at radius 3 is 2.70 bits per heavy atom. The van der Waals surface area contributed by atoms with Crippen LogP contribution in [0.5, 0.6) is 0 Å². The molecule has 1 amide bonds. The van der Waals surface area contributed by atoms with E-state index in [0.29, 0.717) is 5.92 Å². The van der Waals surface area contributed by atoms with Gasteiger partial charge in [-0.3, -0.25) is 9.59 Å². The monoisotopic (exact) mass is 331 g/mol. The Hall–Kier alpha value is -1.49. The van der Waals surface area contributed by atoms with E-state index < -0.39 is 4.93 Å². The van der Waals surface area contributed by atoms with Crippen molar-refractivity contribution in [2.24, 2.45) is 0 Å². The van der Waals surface area contributed by atoms with Crippen molar-refractivity contribution in [3.8, 4) is 0 Å². The Bertz CT molecular complexity index is 742. The zero-order valence-electron chi connectivity index (χ0n) is 13.9. The molecular weight excluding hydrogens is 310 g/mol. The molecule has 122 valence electrons. The van der Waals surface area contributed by atoms with E-state index in [0.717, 1.165) is 24.1 Å². The van der Waals surface area contributed by atoms with Crippen LogP contribution >= 0.6 is 11.8 Å². The van der Waals surface area contributed by atoms with Gasteiger partial charge in [0, 0.05) is 11.1 Å². The Kier molecular flexibility index (Phi) is 2.97. The Morgan fingerprint density at radius 1 is 1.35 bits per heavy atom. The molecule has 1 spiro atoms. The van der Waals surface area contributed by atoms with Crippen LogP contribution in [-0.2, 0) is 25.7 Å². The molecule has 1 aromatic carbocycles. The number of hydrogen-bond acceptors (Lipinski definition) is 4. The van der Waals surface area contributed by atoms with Crippen LogP contribution in [-0.4, -0.2) is 23.2 Å². The van der Waals surface area contributed by atoms with Crippen molar-refractivity contribution in [3.63, 3.8) is 0 Å². The first-order chi connectivity index (χ1) is 10.8.